The molecule has 0 radical (unpaired) electrons. The van der Waals surface area contributed by atoms with Crippen LogP contribution in [0.5, 0.6) is 0 Å². The molecule has 3 heterocycles. The zero-order valence-corrected chi connectivity index (χ0v) is 29.7. The Kier molecular flexibility index (Phi) is 7.10. The number of rotatable bonds is 4. The van der Waals surface area contributed by atoms with Crippen LogP contribution in [0.2, 0.25) is 0 Å². The van der Waals surface area contributed by atoms with Crippen LogP contribution in [0.25, 0.3) is 56.4 Å². The molecule has 1 spiro atoms. The normalized spacial score (nSPS) is 13.1. The van der Waals surface area contributed by atoms with Gasteiger partial charge in [-0.2, -0.15) is 5.26 Å². The van der Waals surface area contributed by atoms with Crippen LogP contribution in [0.1, 0.15) is 5.56 Å². The van der Waals surface area contributed by atoms with Gasteiger partial charge in [0.05, 0.1) is 11.6 Å². The van der Waals surface area contributed by atoms with E-state index < -0.39 is 8.07 Å². The van der Waals surface area contributed by atoms with Crippen molar-refractivity contribution in [3.05, 3.63) is 175 Å². The molecule has 7 aromatic carbocycles. The summed E-state index contributed by atoms with van der Waals surface area (Å²) >= 11 is 1.88. The zero-order valence-electron chi connectivity index (χ0n) is 27.9. The van der Waals surface area contributed by atoms with E-state index in [1.807, 2.05) is 60.3 Å². The average Bonchev–Trinajstić information content (AvgIpc) is 3.52. The predicted octanol–water partition coefficient (Wildman–Crippen LogP) is 8.23. The standard InChI is InChI=1S/C46H28N4SSi/c47-29-30-24-26-31(27-25-30)33-14-10-15-34(28-33)45-48-44(32-12-2-1-3-13-32)49-46(50-45)36-17-11-23-42-43(36)35-16-4-7-20-39(35)52(42)40-21-8-5-18-37(40)51-38-19-6-9-22-41(38)52/h1-28H. The minimum Gasteiger partial charge on any atom is -0.208 e. The number of aromatic nitrogens is 3. The van der Waals surface area contributed by atoms with E-state index in [0.717, 1.165) is 27.8 Å². The number of nitrogens with zero attached hydrogens (tertiary/aromatic N) is 4. The first-order valence-corrected chi connectivity index (χ1v) is 20.1. The molecule has 0 fully saturated rings. The molecule has 0 aliphatic carbocycles. The fourth-order valence-electron chi connectivity index (χ4n) is 8.01. The first kappa shape index (κ1) is 30.4. The van der Waals surface area contributed by atoms with Crippen molar-refractivity contribution >= 4 is 40.6 Å². The first-order valence-electron chi connectivity index (χ1n) is 17.3. The lowest BCUT2D eigenvalue weighted by Crippen LogP contribution is -2.74. The van der Waals surface area contributed by atoms with Crippen molar-refractivity contribution in [1.29, 1.82) is 5.26 Å². The van der Waals surface area contributed by atoms with Crippen LogP contribution in [0.4, 0.5) is 0 Å². The maximum Gasteiger partial charge on any atom is 0.183 e. The monoisotopic (exact) mass is 696 g/mol. The zero-order chi connectivity index (χ0) is 34.6. The molecule has 8 aromatic rings. The summed E-state index contributed by atoms with van der Waals surface area (Å²) in [4.78, 5) is 18.3. The number of hydrogen-bond acceptors (Lipinski definition) is 5. The maximum absolute atomic E-state index is 9.33. The summed E-state index contributed by atoms with van der Waals surface area (Å²) in [6.07, 6.45) is 0. The van der Waals surface area contributed by atoms with Gasteiger partial charge in [0.15, 0.2) is 25.5 Å². The molecule has 0 bridgehead atoms. The number of nitriles is 1. The Labute approximate surface area is 307 Å². The first-order chi connectivity index (χ1) is 25.7. The van der Waals surface area contributed by atoms with E-state index in [9.17, 15) is 5.26 Å². The quantitative estimate of drug-likeness (QED) is 0.174. The van der Waals surface area contributed by atoms with Gasteiger partial charge in [0.25, 0.3) is 0 Å². The van der Waals surface area contributed by atoms with Gasteiger partial charge in [-0.05, 0) is 73.3 Å². The highest BCUT2D eigenvalue weighted by Crippen LogP contribution is 2.41. The van der Waals surface area contributed by atoms with Crippen molar-refractivity contribution in [3.8, 4) is 62.5 Å². The summed E-state index contributed by atoms with van der Waals surface area (Å²) < 4.78 is 0. The van der Waals surface area contributed by atoms with Gasteiger partial charge in [-0.15, -0.1) is 0 Å². The van der Waals surface area contributed by atoms with Crippen LogP contribution in [-0.4, -0.2) is 23.0 Å². The van der Waals surface area contributed by atoms with Crippen LogP contribution in [0.3, 0.4) is 0 Å². The molecular weight excluding hydrogens is 669 g/mol. The van der Waals surface area contributed by atoms with E-state index in [1.165, 1.54) is 41.7 Å². The van der Waals surface area contributed by atoms with Gasteiger partial charge in [-0.3, -0.25) is 0 Å². The Morgan fingerprint density at radius 2 is 0.962 bits per heavy atom. The van der Waals surface area contributed by atoms with Crippen LogP contribution in [-0.2, 0) is 0 Å². The largest absolute Gasteiger partial charge is 0.208 e. The van der Waals surface area contributed by atoms with E-state index in [0.29, 0.717) is 23.0 Å². The van der Waals surface area contributed by atoms with Crippen molar-refractivity contribution in [2.24, 2.45) is 0 Å². The van der Waals surface area contributed by atoms with E-state index in [1.54, 1.807) is 0 Å². The molecule has 52 heavy (non-hydrogen) atoms. The van der Waals surface area contributed by atoms with Crippen LogP contribution in [0, 0.1) is 11.3 Å². The molecule has 10 rings (SSSR count). The topological polar surface area (TPSA) is 62.5 Å². The predicted molar refractivity (Wildman–Crippen MR) is 213 cm³/mol. The van der Waals surface area contributed by atoms with Gasteiger partial charge >= 0.3 is 0 Å². The van der Waals surface area contributed by atoms with E-state index in [-0.39, 0.29) is 0 Å². The summed E-state index contributed by atoms with van der Waals surface area (Å²) in [5.41, 5.74) is 7.99. The molecule has 0 N–H and O–H groups in total. The van der Waals surface area contributed by atoms with Gasteiger partial charge < -0.3 is 0 Å². The summed E-state index contributed by atoms with van der Waals surface area (Å²) in [6.45, 7) is 0. The third kappa shape index (κ3) is 4.64. The molecule has 242 valence electrons. The number of benzene rings is 7. The highest BCUT2D eigenvalue weighted by molar-refractivity contribution is 8.00. The van der Waals surface area contributed by atoms with Gasteiger partial charge in [0, 0.05) is 26.5 Å². The van der Waals surface area contributed by atoms with E-state index in [4.69, 9.17) is 15.0 Å². The Bertz CT molecular complexity index is 2690. The van der Waals surface area contributed by atoms with E-state index in [2.05, 4.69) is 127 Å². The van der Waals surface area contributed by atoms with E-state index >= 15 is 0 Å². The van der Waals surface area contributed by atoms with Gasteiger partial charge in [0.2, 0.25) is 0 Å². The minimum absolute atomic E-state index is 0.611. The van der Waals surface area contributed by atoms with Crippen molar-refractivity contribution in [3.63, 3.8) is 0 Å². The molecule has 0 unspecified atom stereocenters. The molecule has 2 aliphatic rings. The molecule has 0 amide bonds. The third-order valence-electron chi connectivity index (χ3n) is 10.2. The number of hydrogen-bond donors (Lipinski definition) is 0. The van der Waals surface area contributed by atoms with Crippen LogP contribution in [0.15, 0.2) is 180 Å². The number of fused-ring (bicyclic) bond motifs is 9. The maximum atomic E-state index is 9.33. The minimum atomic E-state index is -2.69. The fourth-order valence-corrected chi connectivity index (χ4v) is 15.4. The Hall–Kier alpha value is -6.39. The van der Waals surface area contributed by atoms with Gasteiger partial charge in [-0.1, -0.05) is 151 Å². The fraction of sp³-hybridized carbons (Fsp3) is 0. The highest BCUT2D eigenvalue weighted by atomic mass is 32.2. The summed E-state index contributed by atoms with van der Waals surface area (Å²) in [5.74, 6) is 1.89. The molecule has 6 heteroatoms. The molecule has 2 aliphatic heterocycles. The third-order valence-corrected chi connectivity index (χ3v) is 16.7. The van der Waals surface area contributed by atoms with Gasteiger partial charge in [-0.25, -0.2) is 15.0 Å². The van der Waals surface area contributed by atoms with Crippen molar-refractivity contribution in [2.75, 3.05) is 0 Å². The Morgan fingerprint density at radius 3 is 1.69 bits per heavy atom. The van der Waals surface area contributed by atoms with Gasteiger partial charge in [0.1, 0.15) is 0 Å². The Morgan fingerprint density at radius 1 is 0.423 bits per heavy atom. The Balaban J connectivity index is 1.22. The molecule has 0 atom stereocenters. The molecule has 1 aromatic heterocycles. The second-order valence-corrected chi connectivity index (χ2v) is 17.8. The SMILES string of the molecule is N#Cc1ccc(-c2cccc(-c3nc(-c4ccccc4)nc(-c4cccc5c4-c4ccccc4[Si]54c5ccccc5Sc5ccccc54)n3)c2)cc1. The smallest absolute Gasteiger partial charge is 0.183 e. The second kappa shape index (κ2) is 12.1. The summed E-state index contributed by atoms with van der Waals surface area (Å²) in [7, 11) is -2.69. The van der Waals surface area contributed by atoms with Crippen LogP contribution < -0.4 is 20.7 Å². The molecular formula is C46H28N4SSi. The second-order valence-electron chi connectivity index (χ2n) is 13.1. The molecule has 0 saturated carbocycles. The van der Waals surface area contributed by atoms with Crippen molar-refractivity contribution < 1.29 is 0 Å². The highest BCUT2D eigenvalue weighted by Gasteiger charge is 2.53. The van der Waals surface area contributed by atoms with Crippen molar-refractivity contribution in [1.82, 2.24) is 15.0 Å². The molecule has 0 saturated heterocycles. The average molecular weight is 697 g/mol. The lowest BCUT2D eigenvalue weighted by atomic mass is 9.99. The molecule has 4 nitrogen and oxygen atoms in total. The summed E-state index contributed by atoms with van der Waals surface area (Å²) in [6, 6.07) is 62.1. The van der Waals surface area contributed by atoms with Crippen molar-refractivity contribution in [2.45, 2.75) is 9.79 Å². The summed E-state index contributed by atoms with van der Waals surface area (Å²) in [5, 5.41) is 15.0. The lowest BCUT2D eigenvalue weighted by molar-refractivity contribution is 1.07. The van der Waals surface area contributed by atoms with Crippen LogP contribution >= 0.6 is 11.8 Å². The lowest BCUT2D eigenvalue weighted by Gasteiger charge is -2.37.